The van der Waals surface area contributed by atoms with Gasteiger partial charge in [0.05, 0.1) is 10.6 Å². The summed E-state index contributed by atoms with van der Waals surface area (Å²) >= 11 is 0. The number of aromatic nitrogens is 3. The second-order valence-electron chi connectivity index (χ2n) is 7.06. The first kappa shape index (κ1) is 19.4. The zero-order valence-electron chi connectivity index (χ0n) is 16.4. The topological polar surface area (TPSA) is 105 Å². The Kier molecular flexibility index (Phi) is 5.34. The molecule has 9 heteroatoms. The maximum atomic E-state index is 12.8. The van der Waals surface area contributed by atoms with Crippen molar-refractivity contribution in [2.45, 2.75) is 6.92 Å². The summed E-state index contributed by atoms with van der Waals surface area (Å²) in [5.74, 6) is 0.552. The van der Waals surface area contributed by atoms with E-state index in [0.29, 0.717) is 37.3 Å². The highest BCUT2D eigenvalue weighted by Gasteiger charge is 2.24. The quantitative estimate of drug-likeness (QED) is 0.486. The fourth-order valence-electron chi connectivity index (χ4n) is 3.42. The van der Waals surface area contributed by atoms with Gasteiger partial charge < -0.3 is 9.80 Å². The zero-order chi connectivity index (χ0) is 21.1. The number of amides is 1. The Morgan fingerprint density at radius 1 is 1.07 bits per heavy atom. The third-order valence-electron chi connectivity index (χ3n) is 5.15. The first-order chi connectivity index (χ1) is 14.5. The van der Waals surface area contributed by atoms with Crippen LogP contribution in [0.3, 0.4) is 0 Å². The van der Waals surface area contributed by atoms with Crippen molar-refractivity contribution in [2.75, 3.05) is 31.1 Å². The number of anilines is 1. The molecule has 0 spiro atoms. The minimum Gasteiger partial charge on any atom is -0.352 e. The molecule has 30 heavy (non-hydrogen) atoms. The number of benzene rings is 1. The molecule has 2 aromatic heterocycles. The van der Waals surface area contributed by atoms with Gasteiger partial charge in [-0.15, -0.1) is 10.2 Å². The van der Waals surface area contributed by atoms with E-state index in [1.165, 1.54) is 6.07 Å². The molecule has 1 aliphatic rings. The third-order valence-corrected chi connectivity index (χ3v) is 5.15. The SMILES string of the molecule is Cc1ccc(C(=O)N2CCN(c3ccc(-c4cccnc4)nn3)CC2)cc1[N+](=O)[O-]. The van der Waals surface area contributed by atoms with E-state index in [-0.39, 0.29) is 11.6 Å². The van der Waals surface area contributed by atoms with Crippen LogP contribution in [0, 0.1) is 17.0 Å². The summed E-state index contributed by atoms with van der Waals surface area (Å²) in [7, 11) is 0. The van der Waals surface area contributed by atoms with Crippen molar-refractivity contribution < 1.29 is 9.72 Å². The van der Waals surface area contributed by atoms with Gasteiger partial charge in [0, 0.05) is 61.3 Å². The van der Waals surface area contributed by atoms with Crippen molar-refractivity contribution in [3.63, 3.8) is 0 Å². The Morgan fingerprint density at radius 3 is 2.50 bits per heavy atom. The second kappa shape index (κ2) is 8.24. The Hall–Kier alpha value is -3.88. The molecule has 1 fully saturated rings. The lowest BCUT2D eigenvalue weighted by atomic mass is 10.1. The maximum absolute atomic E-state index is 12.8. The molecule has 9 nitrogen and oxygen atoms in total. The Bertz CT molecular complexity index is 1060. The van der Waals surface area contributed by atoms with Gasteiger partial charge >= 0.3 is 0 Å². The van der Waals surface area contributed by atoms with Crippen LogP contribution in [-0.4, -0.2) is 57.1 Å². The first-order valence-corrected chi connectivity index (χ1v) is 9.56. The fraction of sp³-hybridized carbons (Fsp3) is 0.238. The molecule has 3 heterocycles. The molecule has 3 aromatic rings. The van der Waals surface area contributed by atoms with Crippen molar-refractivity contribution in [1.29, 1.82) is 0 Å². The van der Waals surface area contributed by atoms with E-state index in [4.69, 9.17) is 0 Å². The van der Waals surface area contributed by atoms with Crippen molar-refractivity contribution >= 4 is 17.4 Å². The molecular formula is C21H20N6O3. The van der Waals surface area contributed by atoms with Gasteiger partial charge in [-0.3, -0.25) is 19.9 Å². The van der Waals surface area contributed by atoms with Crippen LogP contribution in [-0.2, 0) is 0 Å². The summed E-state index contributed by atoms with van der Waals surface area (Å²) in [5, 5.41) is 19.7. The first-order valence-electron chi connectivity index (χ1n) is 9.56. The molecule has 0 unspecified atom stereocenters. The van der Waals surface area contributed by atoms with Crippen LogP contribution in [0.15, 0.2) is 54.9 Å². The predicted molar refractivity (Wildman–Crippen MR) is 111 cm³/mol. The predicted octanol–water partition coefficient (Wildman–Crippen LogP) is 2.72. The monoisotopic (exact) mass is 404 g/mol. The minimum atomic E-state index is -0.460. The molecule has 4 rings (SSSR count). The number of nitrogens with zero attached hydrogens (tertiary/aromatic N) is 6. The zero-order valence-corrected chi connectivity index (χ0v) is 16.4. The average Bonchev–Trinajstić information content (AvgIpc) is 2.79. The number of carbonyl (C=O) groups is 1. The normalized spacial score (nSPS) is 13.9. The smallest absolute Gasteiger partial charge is 0.273 e. The number of carbonyl (C=O) groups excluding carboxylic acids is 1. The highest BCUT2D eigenvalue weighted by atomic mass is 16.6. The van der Waals surface area contributed by atoms with E-state index in [0.717, 1.165) is 17.1 Å². The Balaban J connectivity index is 1.41. The lowest BCUT2D eigenvalue weighted by Crippen LogP contribution is -2.49. The van der Waals surface area contributed by atoms with E-state index in [2.05, 4.69) is 20.1 Å². The van der Waals surface area contributed by atoms with Gasteiger partial charge in [-0.2, -0.15) is 0 Å². The molecular weight excluding hydrogens is 384 g/mol. The molecule has 0 N–H and O–H groups in total. The van der Waals surface area contributed by atoms with Crippen LogP contribution in [0.1, 0.15) is 15.9 Å². The number of aryl methyl sites for hydroxylation is 1. The summed E-state index contributed by atoms with van der Waals surface area (Å²) in [5.41, 5.74) is 2.49. The molecule has 1 aliphatic heterocycles. The van der Waals surface area contributed by atoms with Crippen LogP contribution in [0.2, 0.25) is 0 Å². The lowest BCUT2D eigenvalue weighted by molar-refractivity contribution is -0.385. The van der Waals surface area contributed by atoms with E-state index >= 15 is 0 Å². The van der Waals surface area contributed by atoms with Crippen LogP contribution in [0.5, 0.6) is 0 Å². The number of nitro benzene ring substituents is 1. The number of pyridine rings is 1. The van der Waals surface area contributed by atoms with Crippen LogP contribution < -0.4 is 4.90 Å². The average molecular weight is 404 g/mol. The molecule has 0 atom stereocenters. The summed E-state index contributed by atoms with van der Waals surface area (Å²) in [4.78, 5) is 31.3. The maximum Gasteiger partial charge on any atom is 0.273 e. The fourth-order valence-corrected chi connectivity index (χ4v) is 3.42. The van der Waals surface area contributed by atoms with Crippen molar-refractivity contribution in [1.82, 2.24) is 20.1 Å². The molecule has 1 saturated heterocycles. The third kappa shape index (κ3) is 3.95. The van der Waals surface area contributed by atoms with E-state index in [1.807, 2.05) is 24.3 Å². The molecule has 0 bridgehead atoms. The van der Waals surface area contributed by atoms with Crippen LogP contribution in [0.4, 0.5) is 11.5 Å². The lowest BCUT2D eigenvalue weighted by Gasteiger charge is -2.35. The Labute approximate surface area is 173 Å². The summed E-state index contributed by atoms with van der Waals surface area (Å²) in [6.45, 7) is 3.89. The van der Waals surface area contributed by atoms with Gasteiger partial charge in [0.25, 0.3) is 11.6 Å². The number of hydrogen-bond acceptors (Lipinski definition) is 7. The largest absolute Gasteiger partial charge is 0.352 e. The molecule has 1 aromatic carbocycles. The van der Waals surface area contributed by atoms with Gasteiger partial charge in [-0.1, -0.05) is 6.07 Å². The number of nitro groups is 1. The van der Waals surface area contributed by atoms with Crippen molar-refractivity contribution in [3.05, 3.63) is 76.1 Å². The van der Waals surface area contributed by atoms with Crippen LogP contribution in [0.25, 0.3) is 11.3 Å². The van der Waals surface area contributed by atoms with E-state index < -0.39 is 4.92 Å². The second-order valence-corrected chi connectivity index (χ2v) is 7.06. The highest BCUT2D eigenvalue weighted by Crippen LogP contribution is 2.22. The minimum absolute atomic E-state index is 0.0385. The molecule has 1 amide bonds. The van der Waals surface area contributed by atoms with Gasteiger partial charge in [0.2, 0.25) is 0 Å². The molecule has 152 valence electrons. The Morgan fingerprint density at radius 2 is 1.87 bits per heavy atom. The number of hydrogen-bond donors (Lipinski definition) is 0. The summed E-state index contributed by atoms with van der Waals surface area (Å²) < 4.78 is 0. The van der Waals surface area contributed by atoms with Gasteiger partial charge in [0.1, 0.15) is 0 Å². The van der Waals surface area contributed by atoms with Gasteiger partial charge in [0.15, 0.2) is 5.82 Å². The van der Waals surface area contributed by atoms with E-state index in [1.54, 1.807) is 36.4 Å². The summed E-state index contributed by atoms with van der Waals surface area (Å²) in [6.07, 6.45) is 3.45. The number of rotatable bonds is 4. The van der Waals surface area contributed by atoms with Crippen molar-refractivity contribution in [2.24, 2.45) is 0 Å². The van der Waals surface area contributed by atoms with E-state index in [9.17, 15) is 14.9 Å². The standard InChI is InChI=1S/C21H20N6O3/c1-15-4-5-16(13-19(15)27(29)30)21(28)26-11-9-25(10-12-26)20-7-6-18(23-24-20)17-3-2-8-22-14-17/h2-8,13-14H,9-12H2,1H3. The molecule has 0 saturated carbocycles. The summed E-state index contributed by atoms with van der Waals surface area (Å²) in [6, 6.07) is 12.2. The molecule has 0 aliphatic carbocycles. The van der Waals surface area contributed by atoms with Gasteiger partial charge in [-0.25, -0.2) is 0 Å². The molecule has 0 radical (unpaired) electrons. The van der Waals surface area contributed by atoms with Crippen LogP contribution >= 0.6 is 0 Å². The highest BCUT2D eigenvalue weighted by molar-refractivity contribution is 5.95. The van der Waals surface area contributed by atoms with Crippen molar-refractivity contribution in [3.8, 4) is 11.3 Å². The van der Waals surface area contributed by atoms with Gasteiger partial charge in [-0.05, 0) is 37.3 Å². The number of piperazine rings is 1.